The van der Waals surface area contributed by atoms with Crippen LogP contribution in [0, 0.1) is 0 Å². The minimum Gasteiger partial charge on any atom is -0.364 e. The Kier molecular flexibility index (Phi) is 2.55. The third-order valence-corrected chi connectivity index (χ3v) is 1.51. The van der Waals surface area contributed by atoms with E-state index in [1.165, 1.54) is 0 Å². The molecule has 0 bridgehead atoms. The van der Waals surface area contributed by atoms with Gasteiger partial charge in [-0.25, -0.2) is 0 Å². The largest absolute Gasteiger partial charge is 0.364 e. The molecule has 3 heteroatoms. The Morgan fingerprint density at radius 3 is 2.89 bits per heavy atom. The van der Waals surface area contributed by atoms with E-state index >= 15 is 0 Å². The third kappa shape index (κ3) is 1.99. The molecule has 1 N–H and O–H groups in total. The van der Waals surface area contributed by atoms with Gasteiger partial charge in [-0.15, -0.1) is 0 Å². The van der Waals surface area contributed by atoms with Crippen LogP contribution < -0.4 is 5.32 Å². The second-order valence-corrected chi connectivity index (χ2v) is 2.29. The zero-order chi connectivity index (χ0) is 6.69. The predicted molar refractivity (Wildman–Crippen MR) is 37.3 cm³/mol. The van der Waals surface area contributed by atoms with Gasteiger partial charge < -0.3 is 4.74 Å². The molecule has 2 radical (unpaired) electrons. The lowest BCUT2D eigenvalue weighted by molar-refractivity contribution is 0.0519. The Morgan fingerprint density at radius 2 is 2.44 bits per heavy atom. The van der Waals surface area contributed by atoms with Gasteiger partial charge in [0, 0.05) is 6.61 Å². The number of rotatable bonds is 2. The fraction of sp³-hybridized carbons (Fsp3) is 1.00. The average Bonchev–Trinajstić information content (AvgIpc) is 2.17. The van der Waals surface area contributed by atoms with Crippen molar-refractivity contribution in [2.75, 3.05) is 6.61 Å². The lowest BCUT2D eigenvalue weighted by Crippen LogP contribution is -2.31. The second-order valence-electron chi connectivity index (χ2n) is 2.29. The lowest BCUT2D eigenvalue weighted by Gasteiger charge is -2.10. The van der Waals surface area contributed by atoms with Crippen LogP contribution >= 0.6 is 0 Å². The first-order valence-corrected chi connectivity index (χ1v) is 3.46. The Hall–Kier alpha value is -0.0151. The summed E-state index contributed by atoms with van der Waals surface area (Å²) in [5, 5.41) is 3.11. The van der Waals surface area contributed by atoms with E-state index in [0.717, 1.165) is 19.4 Å². The summed E-state index contributed by atoms with van der Waals surface area (Å²) in [5.74, 6) is 0.154. The Labute approximate surface area is 57.4 Å². The van der Waals surface area contributed by atoms with Crippen LogP contribution in [0.25, 0.3) is 0 Å². The van der Waals surface area contributed by atoms with Crippen molar-refractivity contribution < 1.29 is 4.74 Å². The van der Waals surface area contributed by atoms with E-state index in [0.29, 0.717) is 0 Å². The fourth-order valence-electron chi connectivity index (χ4n) is 1.07. The van der Waals surface area contributed by atoms with Gasteiger partial charge in [-0.05, 0) is 25.7 Å². The van der Waals surface area contributed by atoms with Crippen molar-refractivity contribution in [1.82, 2.24) is 5.32 Å². The number of nitrogens with one attached hydrogen (secondary N) is 1. The van der Waals surface area contributed by atoms with Crippen LogP contribution in [0.4, 0.5) is 0 Å². The van der Waals surface area contributed by atoms with E-state index in [1.807, 2.05) is 6.92 Å². The highest BCUT2D eigenvalue weighted by Crippen LogP contribution is 2.09. The average molecular weight is 125 g/mol. The first-order valence-electron chi connectivity index (χ1n) is 3.46. The quantitative estimate of drug-likeness (QED) is 0.533. The summed E-state index contributed by atoms with van der Waals surface area (Å²) in [6.45, 7) is 2.76. The highest BCUT2D eigenvalue weighted by molar-refractivity contribution is 6.11. The van der Waals surface area contributed by atoms with Crippen molar-refractivity contribution in [3.05, 3.63) is 0 Å². The number of hydrogen-bond donors (Lipinski definition) is 1. The van der Waals surface area contributed by atoms with Crippen LogP contribution in [0.1, 0.15) is 19.8 Å². The van der Waals surface area contributed by atoms with E-state index in [9.17, 15) is 0 Å². The Morgan fingerprint density at radius 1 is 1.67 bits per heavy atom. The first-order chi connectivity index (χ1) is 4.33. The van der Waals surface area contributed by atoms with Crippen LogP contribution in [-0.4, -0.2) is 26.6 Å². The minimum atomic E-state index is 0.154. The monoisotopic (exact) mass is 125 g/mol. The summed E-state index contributed by atoms with van der Waals surface area (Å²) in [6, 6.07) is 0. The summed E-state index contributed by atoms with van der Waals surface area (Å²) >= 11 is 0. The van der Waals surface area contributed by atoms with E-state index in [1.54, 1.807) is 0 Å². The van der Waals surface area contributed by atoms with Gasteiger partial charge in [-0.3, -0.25) is 5.32 Å². The van der Waals surface area contributed by atoms with Crippen LogP contribution in [0.2, 0.25) is 0 Å². The summed E-state index contributed by atoms with van der Waals surface area (Å²) < 4.78 is 5.28. The van der Waals surface area contributed by atoms with E-state index in [2.05, 4.69) is 5.32 Å². The first kappa shape index (κ1) is 7.10. The van der Waals surface area contributed by atoms with Gasteiger partial charge in [0.25, 0.3) is 0 Å². The molecule has 1 saturated heterocycles. The van der Waals surface area contributed by atoms with Gasteiger partial charge in [0.05, 0.1) is 7.85 Å². The molecule has 1 rings (SSSR count). The number of ether oxygens (including phenoxy) is 1. The van der Waals surface area contributed by atoms with Crippen LogP contribution in [0.5, 0.6) is 0 Å². The van der Waals surface area contributed by atoms with Crippen LogP contribution in [-0.2, 0) is 4.74 Å². The van der Waals surface area contributed by atoms with Crippen molar-refractivity contribution in [2.45, 2.75) is 31.9 Å². The standard InChI is InChI=1S/C6H12BNO/c1-2-9-6-4-3-5(7)8-6/h5-6,8H,2-4H2,1H3. The zero-order valence-electron chi connectivity index (χ0n) is 5.76. The summed E-state index contributed by atoms with van der Waals surface area (Å²) in [5.41, 5.74) is 0. The fourth-order valence-corrected chi connectivity index (χ4v) is 1.07. The normalized spacial score (nSPS) is 35.2. The molecule has 1 aliphatic rings. The molecule has 0 aromatic rings. The van der Waals surface area contributed by atoms with Crippen LogP contribution in [0.3, 0.4) is 0 Å². The summed E-state index contributed by atoms with van der Waals surface area (Å²) in [4.78, 5) is 0. The van der Waals surface area contributed by atoms with E-state index in [-0.39, 0.29) is 12.2 Å². The van der Waals surface area contributed by atoms with Gasteiger partial charge in [-0.2, -0.15) is 0 Å². The minimum absolute atomic E-state index is 0.154. The van der Waals surface area contributed by atoms with Crippen molar-refractivity contribution in [1.29, 1.82) is 0 Å². The smallest absolute Gasteiger partial charge is 0.107 e. The Balaban J connectivity index is 2.14. The molecule has 0 amide bonds. The molecule has 9 heavy (non-hydrogen) atoms. The molecule has 2 nitrogen and oxygen atoms in total. The Bertz CT molecular complexity index is 87.1. The molecule has 1 heterocycles. The molecule has 0 aromatic heterocycles. The molecule has 0 saturated carbocycles. The second kappa shape index (κ2) is 3.23. The summed E-state index contributed by atoms with van der Waals surface area (Å²) in [6.07, 6.45) is 2.30. The molecule has 2 atom stereocenters. The van der Waals surface area contributed by atoms with E-state index in [4.69, 9.17) is 12.6 Å². The molecule has 0 spiro atoms. The molecular formula is C6H12BNO. The maximum atomic E-state index is 5.56. The SMILES string of the molecule is [B]C1CCC(OCC)N1. The van der Waals surface area contributed by atoms with Crippen molar-refractivity contribution in [3.63, 3.8) is 0 Å². The molecule has 2 unspecified atom stereocenters. The zero-order valence-corrected chi connectivity index (χ0v) is 5.76. The molecular weight excluding hydrogens is 113 g/mol. The van der Waals surface area contributed by atoms with Crippen molar-refractivity contribution >= 4 is 7.85 Å². The molecule has 1 aliphatic heterocycles. The topological polar surface area (TPSA) is 21.3 Å². The third-order valence-electron chi connectivity index (χ3n) is 1.51. The molecule has 0 aromatic carbocycles. The molecule has 1 fully saturated rings. The molecule has 50 valence electrons. The predicted octanol–water partition coefficient (Wildman–Crippen LogP) is 0.227. The van der Waals surface area contributed by atoms with E-state index < -0.39 is 0 Å². The van der Waals surface area contributed by atoms with Gasteiger partial charge in [-0.1, -0.05) is 0 Å². The van der Waals surface area contributed by atoms with Gasteiger partial charge in [0.15, 0.2) is 0 Å². The van der Waals surface area contributed by atoms with Crippen molar-refractivity contribution in [2.24, 2.45) is 0 Å². The van der Waals surface area contributed by atoms with Gasteiger partial charge >= 0.3 is 0 Å². The highest BCUT2D eigenvalue weighted by Gasteiger charge is 2.18. The summed E-state index contributed by atoms with van der Waals surface area (Å²) in [7, 11) is 5.56. The molecule has 0 aliphatic carbocycles. The lowest BCUT2D eigenvalue weighted by atomic mass is 9.96. The van der Waals surface area contributed by atoms with Crippen LogP contribution in [0.15, 0.2) is 0 Å². The maximum Gasteiger partial charge on any atom is 0.107 e. The van der Waals surface area contributed by atoms with Gasteiger partial charge in [0.2, 0.25) is 0 Å². The number of hydrogen-bond acceptors (Lipinski definition) is 2. The highest BCUT2D eigenvalue weighted by atomic mass is 16.5. The van der Waals surface area contributed by atoms with Gasteiger partial charge in [0.1, 0.15) is 6.23 Å². The van der Waals surface area contributed by atoms with Crippen molar-refractivity contribution in [3.8, 4) is 0 Å². The maximum absolute atomic E-state index is 5.56.